The van der Waals surface area contributed by atoms with Crippen molar-refractivity contribution in [3.8, 4) is 0 Å². The van der Waals surface area contributed by atoms with Gasteiger partial charge in [0.15, 0.2) is 6.10 Å². The molecule has 0 rings (SSSR count). The number of carboxylic acids is 1. The summed E-state index contributed by atoms with van der Waals surface area (Å²) in [5, 5.41) is 51.8. The monoisotopic (exact) mass is 256 g/mol. The topological polar surface area (TPSA) is 208 Å². The Morgan fingerprint density at radius 3 is 1.59 bits per heavy atom. The zero-order chi connectivity index (χ0) is 14.2. The number of aliphatic carboxylic acids is 1. The van der Waals surface area contributed by atoms with E-state index in [-0.39, 0.29) is 0 Å². The van der Waals surface area contributed by atoms with Gasteiger partial charge in [0.25, 0.3) is 0 Å². The lowest BCUT2D eigenvalue weighted by molar-refractivity contribution is -0.164. The second kappa shape index (κ2) is 8.66. The van der Waals surface area contributed by atoms with Crippen LogP contribution in [-0.2, 0) is 4.79 Å². The molecule has 0 saturated heterocycles. The average Bonchev–Trinajstić information content (AvgIpc) is 2.23. The summed E-state index contributed by atoms with van der Waals surface area (Å²) in [6.45, 7) is -0.843. The quantitative estimate of drug-likeness (QED) is 0.240. The van der Waals surface area contributed by atoms with Crippen molar-refractivity contribution in [1.29, 1.82) is 0 Å². The lowest BCUT2D eigenvalue weighted by atomic mass is 10.0. The largest absolute Gasteiger partial charge is 0.479 e. The smallest absolute Gasteiger partial charge is 0.335 e. The minimum Gasteiger partial charge on any atom is -0.479 e. The molecule has 0 aliphatic carbocycles. The molecule has 0 aliphatic heterocycles. The molecule has 0 aliphatic rings. The minimum atomic E-state index is -2.20. The van der Waals surface area contributed by atoms with Crippen LogP contribution in [0, 0.1) is 0 Å². The number of carbonyl (C=O) groups is 2. The zero-order valence-electron chi connectivity index (χ0n) is 8.67. The van der Waals surface area contributed by atoms with Gasteiger partial charge in [-0.1, -0.05) is 0 Å². The van der Waals surface area contributed by atoms with Gasteiger partial charge in [-0.2, -0.15) is 0 Å². The number of carboxylic acid groups (broad SMARTS) is 1. The maximum Gasteiger partial charge on any atom is 0.335 e. The van der Waals surface area contributed by atoms with Crippen LogP contribution < -0.4 is 11.5 Å². The standard InChI is InChI=1S/C6H12O7.CH4N2O/c7-1-2(8)3(9)4(10)5(11)6(12)13;2-1(3)4/h2-5,7-11H,1H2,(H,12,13);(H4,2,3,4)/t2-,3-,4+,5-;/m1./s1. The first-order valence-electron chi connectivity index (χ1n) is 4.26. The highest BCUT2D eigenvalue weighted by atomic mass is 16.4. The van der Waals surface area contributed by atoms with Crippen LogP contribution in [0.2, 0.25) is 0 Å². The van der Waals surface area contributed by atoms with E-state index in [1.54, 1.807) is 0 Å². The Morgan fingerprint density at radius 2 is 1.35 bits per heavy atom. The van der Waals surface area contributed by atoms with Crippen molar-refractivity contribution < 1.29 is 40.2 Å². The molecule has 4 atom stereocenters. The molecule has 17 heavy (non-hydrogen) atoms. The van der Waals surface area contributed by atoms with E-state index in [0.717, 1.165) is 0 Å². The van der Waals surface area contributed by atoms with E-state index < -0.39 is 43.0 Å². The average molecular weight is 256 g/mol. The predicted octanol–water partition coefficient (Wildman–Crippen LogP) is -4.47. The molecular formula is C7H16N2O8. The molecule has 2 amide bonds. The zero-order valence-corrected chi connectivity index (χ0v) is 8.67. The summed E-state index contributed by atoms with van der Waals surface area (Å²) in [6, 6.07) is -0.833. The second-order valence-electron chi connectivity index (χ2n) is 2.92. The van der Waals surface area contributed by atoms with Crippen LogP contribution in [0.15, 0.2) is 0 Å². The van der Waals surface area contributed by atoms with E-state index in [4.69, 9.17) is 35.4 Å². The molecule has 0 heterocycles. The number of carbonyl (C=O) groups excluding carboxylic acids is 1. The Morgan fingerprint density at radius 1 is 1.00 bits per heavy atom. The van der Waals surface area contributed by atoms with Crippen LogP contribution in [0.4, 0.5) is 4.79 Å². The van der Waals surface area contributed by atoms with Gasteiger partial charge in [-0.25, -0.2) is 9.59 Å². The van der Waals surface area contributed by atoms with Gasteiger partial charge in [-0.05, 0) is 0 Å². The summed E-state index contributed by atoms with van der Waals surface area (Å²) in [5.74, 6) is -1.73. The highest BCUT2D eigenvalue weighted by Gasteiger charge is 2.33. The van der Waals surface area contributed by atoms with Gasteiger partial charge in [0, 0.05) is 0 Å². The Kier molecular flexibility index (Phi) is 9.13. The lowest BCUT2D eigenvalue weighted by Crippen LogP contribution is -2.48. The Labute approximate surface area is 95.7 Å². The number of hydrogen-bond acceptors (Lipinski definition) is 7. The molecule has 0 radical (unpaired) electrons. The van der Waals surface area contributed by atoms with E-state index in [1.165, 1.54) is 0 Å². The third kappa shape index (κ3) is 8.36. The summed E-state index contributed by atoms with van der Waals surface area (Å²) in [7, 11) is 0. The SMILES string of the molecule is NC(N)=O.O=C(O)[C@H](O)[C@@H](O)[C@H](O)[C@H](O)CO. The van der Waals surface area contributed by atoms with Gasteiger partial charge >= 0.3 is 12.0 Å². The molecular weight excluding hydrogens is 240 g/mol. The summed E-state index contributed by atoms with van der Waals surface area (Å²) >= 11 is 0. The Balaban J connectivity index is 0. The fraction of sp³-hybridized carbons (Fsp3) is 0.714. The number of hydrogen-bond donors (Lipinski definition) is 8. The van der Waals surface area contributed by atoms with E-state index in [2.05, 4.69) is 11.5 Å². The molecule has 0 fully saturated rings. The second-order valence-corrected chi connectivity index (χ2v) is 2.92. The number of aliphatic hydroxyl groups is 5. The number of nitrogens with two attached hydrogens (primary N) is 2. The number of amides is 2. The first kappa shape index (κ1) is 17.9. The van der Waals surface area contributed by atoms with Crippen LogP contribution in [0.5, 0.6) is 0 Å². The van der Waals surface area contributed by atoms with Crippen molar-refractivity contribution in [2.45, 2.75) is 24.4 Å². The number of aliphatic hydroxyl groups excluding tert-OH is 5. The fourth-order valence-corrected chi connectivity index (χ4v) is 0.668. The fourth-order valence-electron chi connectivity index (χ4n) is 0.668. The lowest BCUT2D eigenvalue weighted by Gasteiger charge is -2.23. The first-order chi connectivity index (χ1) is 7.64. The number of rotatable bonds is 5. The normalized spacial score (nSPS) is 17.0. The van der Waals surface area contributed by atoms with Crippen molar-refractivity contribution >= 4 is 12.0 Å². The Bertz CT molecular complexity index is 244. The first-order valence-corrected chi connectivity index (χ1v) is 4.26. The van der Waals surface area contributed by atoms with E-state index in [1.807, 2.05) is 0 Å². The van der Waals surface area contributed by atoms with Crippen molar-refractivity contribution in [3.63, 3.8) is 0 Å². The predicted molar refractivity (Wildman–Crippen MR) is 52.5 cm³/mol. The number of primary amides is 2. The van der Waals surface area contributed by atoms with Gasteiger partial charge < -0.3 is 42.1 Å². The summed E-state index contributed by atoms with van der Waals surface area (Å²) in [5.41, 5.74) is 8.50. The maximum atomic E-state index is 10.1. The molecule has 10 heteroatoms. The van der Waals surface area contributed by atoms with E-state index in [9.17, 15) is 4.79 Å². The van der Waals surface area contributed by atoms with Gasteiger partial charge in [-0.3, -0.25) is 0 Å². The van der Waals surface area contributed by atoms with Gasteiger partial charge in [0.05, 0.1) is 6.61 Å². The minimum absolute atomic E-state index is 0.833. The van der Waals surface area contributed by atoms with Gasteiger partial charge in [0.1, 0.15) is 18.3 Å². The third-order valence-electron chi connectivity index (χ3n) is 1.51. The molecule has 10 N–H and O–H groups in total. The van der Waals surface area contributed by atoms with Crippen LogP contribution in [0.3, 0.4) is 0 Å². The molecule has 0 unspecified atom stereocenters. The van der Waals surface area contributed by atoms with Crippen molar-refractivity contribution in [1.82, 2.24) is 0 Å². The molecule has 0 aromatic rings. The molecule has 102 valence electrons. The highest BCUT2D eigenvalue weighted by Crippen LogP contribution is 2.04. The van der Waals surface area contributed by atoms with Crippen LogP contribution in [0.1, 0.15) is 0 Å². The van der Waals surface area contributed by atoms with Crippen LogP contribution >= 0.6 is 0 Å². The molecule has 0 spiro atoms. The van der Waals surface area contributed by atoms with Gasteiger partial charge in [-0.15, -0.1) is 0 Å². The summed E-state index contributed by atoms with van der Waals surface area (Å²) in [6.07, 6.45) is -7.84. The van der Waals surface area contributed by atoms with E-state index in [0.29, 0.717) is 0 Å². The maximum absolute atomic E-state index is 10.1. The summed E-state index contributed by atoms with van der Waals surface area (Å²) in [4.78, 5) is 19.1. The molecule has 0 saturated carbocycles. The Hall–Kier alpha value is -1.46. The van der Waals surface area contributed by atoms with E-state index >= 15 is 0 Å². The van der Waals surface area contributed by atoms with Gasteiger partial charge in [0.2, 0.25) is 0 Å². The molecule has 0 aromatic carbocycles. The van der Waals surface area contributed by atoms with Crippen LogP contribution in [0.25, 0.3) is 0 Å². The van der Waals surface area contributed by atoms with Crippen LogP contribution in [-0.4, -0.2) is 73.7 Å². The van der Waals surface area contributed by atoms with Crippen molar-refractivity contribution in [2.75, 3.05) is 6.61 Å². The summed E-state index contributed by atoms with van der Waals surface area (Å²) < 4.78 is 0. The number of urea groups is 1. The molecule has 0 aromatic heterocycles. The molecule has 10 nitrogen and oxygen atoms in total. The molecule has 0 bridgehead atoms. The van der Waals surface area contributed by atoms with Crippen molar-refractivity contribution in [3.05, 3.63) is 0 Å². The third-order valence-corrected chi connectivity index (χ3v) is 1.51. The van der Waals surface area contributed by atoms with Crippen molar-refractivity contribution in [2.24, 2.45) is 11.5 Å². The highest BCUT2D eigenvalue weighted by molar-refractivity contribution is 5.72.